The molecule has 0 radical (unpaired) electrons. The van der Waals surface area contributed by atoms with E-state index in [9.17, 15) is 4.79 Å². The molecule has 0 saturated heterocycles. The average Bonchev–Trinajstić information content (AvgIpc) is 2.73. The Balaban J connectivity index is 2.57. The van der Waals surface area contributed by atoms with Gasteiger partial charge in [-0.15, -0.1) is 0 Å². The summed E-state index contributed by atoms with van der Waals surface area (Å²) in [6, 6.07) is 9.16. The summed E-state index contributed by atoms with van der Waals surface area (Å²) in [6.07, 6.45) is 0. The van der Waals surface area contributed by atoms with Crippen LogP contribution in [0.3, 0.4) is 0 Å². The standard InChI is InChI=1S/C15H15N3O2/c1-9(15(19)20)14-10(2)17-18(11(14)3)13-6-4-5-12(7-13)8-16/h4-7,9H,1-3H3,(H,19,20). The third-order valence-corrected chi connectivity index (χ3v) is 3.37. The first kappa shape index (κ1) is 13.8. The Morgan fingerprint density at radius 3 is 2.75 bits per heavy atom. The van der Waals surface area contributed by atoms with Crippen molar-refractivity contribution in [2.24, 2.45) is 0 Å². The lowest BCUT2D eigenvalue weighted by molar-refractivity contribution is -0.138. The van der Waals surface area contributed by atoms with Gasteiger partial charge in [-0.05, 0) is 39.0 Å². The number of hydrogen-bond acceptors (Lipinski definition) is 3. The van der Waals surface area contributed by atoms with Gasteiger partial charge in [-0.1, -0.05) is 6.07 Å². The number of carboxylic acid groups (broad SMARTS) is 1. The van der Waals surface area contributed by atoms with Crippen molar-refractivity contribution in [3.63, 3.8) is 0 Å². The highest BCUT2D eigenvalue weighted by molar-refractivity contribution is 5.76. The van der Waals surface area contributed by atoms with Gasteiger partial charge >= 0.3 is 5.97 Å². The topological polar surface area (TPSA) is 78.9 Å². The molecule has 0 saturated carbocycles. The van der Waals surface area contributed by atoms with E-state index in [1.807, 2.05) is 13.0 Å². The fourth-order valence-corrected chi connectivity index (χ4v) is 2.36. The molecule has 5 nitrogen and oxygen atoms in total. The van der Waals surface area contributed by atoms with E-state index in [0.717, 1.165) is 16.9 Å². The Morgan fingerprint density at radius 1 is 1.45 bits per heavy atom. The van der Waals surface area contributed by atoms with Gasteiger partial charge in [0.15, 0.2) is 0 Å². The van der Waals surface area contributed by atoms with Gasteiger partial charge in [-0.25, -0.2) is 4.68 Å². The van der Waals surface area contributed by atoms with Crippen LogP contribution in [-0.2, 0) is 4.79 Å². The van der Waals surface area contributed by atoms with Crippen LogP contribution in [-0.4, -0.2) is 20.9 Å². The van der Waals surface area contributed by atoms with Gasteiger partial charge in [0.1, 0.15) is 0 Å². The number of nitriles is 1. The molecule has 0 aliphatic rings. The second-order valence-corrected chi connectivity index (χ2v) is 4.72. The number of rotatable bonds is 3. The summed E-state index contributed by atoms with van der Waals surface area (Å²) >= 11 is 0. The minimum atomic E-state index is -0.874. The molecule has 0 fully saturated rings. The van der Waals surface area contributed by atoms with Crippen LogP contribution < -0.4 is 0 Å². The first-order valence-electron chi connectivity index (χ1n) is 6.25. The van der Waals surface area contributed by atoms with Gasteiger partial charge in [0.05, 0.1) is 28.9 Å². The van der Waals surface area contributed by atoms with E-state index in [1.165, 1.54) is 0 Å². The molecule has 0 spiro atoms. The molecular weight excluding hydrogens is 254 g/mol. The minimum Gasteiger partial charge on any atom is -0.481 e. The van der Waals surface area contributed by atoms with Crippen molar-refractivity contribution in [3.8, 4) is 11.8 Å². The summed E-state index contributed by atoms with van der Waals surface area (Å²) in [5, 5.41) is 22.5. The highest BCUT2D eigenvalue weighted by Crippen LogP contribution is 2.25. The maximum Gasteiger partial charge on any atom is 0.310 e. The van der Waals surface area contributed by atoms with Crippen LogP contribution >= 0.6 is 0 Å². The van der Waals surface area contributed by atoms with Crippen molar-refractivity contribution in [2.45, 2.75) is 26.7 Å². The summed E-state index contributed by atoms with van der Waals surface area (Å²) in [4.78, 5) is 11.2. The van der Waals surface area contributed by atoms with E-state index in [2.05, 4.69) is 11.2 Å². The SMILES string of the molecule is Cc1nn(-c2cccc(C#N)c2)c(C)c1C(C)C(=O)O. The van der Waals surface area contributed by atoms with Crippen LogP contribution in [0.1, 0.15) is 35.4 Å². The van der Waals surface area contributed by atoms with E-state index in [-0.39, 0.29) is 0 Å². The van der Waals surface area contributed by atoms with Crippen molar-refractivity contribution in [2.75, 3.05) is 0 Å². The fraction of sp³-hybridized carbons (Fsp3) is 0.267. The van der Waals surface area contributed by atoms with Crippen molar-refractivity contribution < 1.29 is 9.90 Å². The Bertz CT molecular complexity index is 710. The summed E-state index contributed by atoms with van der Waals surface area (Å²) in [6.45, 7) is 5.29. The number of carboxylic acids is 1. The van der Waals surface area contributed by atoms with E-state index >= 15 is 0 Å². The summed E-state index contributed by atoms with van der Waals surface area (Å²) in [5.74, 6) is -1.48. The number of hydrogen-bond donors (Lipinski definition) is 1. The van der Waals surface area contributed by atoms with Crippen molar-refractivity contribution in [1.82, 2.24) is 9.78 Å². The average molecular weight is 269 g/mol. The number of carbonyl (C=O) groups is 1. The number of aliphatic carboxylic acids is 1. The molecule has 1 N–H and O–H groups in total. The Hall–Kier alpha value is -2.61. The smallest absolute Gasteiger partial charge is 0.310 e. The summed E-state index contributed by atoms with van der Waals surface area (Å²) in [7, 11) is 0. The largest absolute Gasteiger partial charge is 0.481 e. The Labute approximate surface area is 117 Å². The second-order valence-electron chi connectivity index (χ2n) is 4.72. The van der Waals surface area contributed by atoms with Crippen molar-refractivity contribution in [3.05, 3.63) is 46.8 Å². The van der Waals surface area contributed by atoms with E-state index < -0.39 is 11.9 Å². The third kappa shape index (κ3) is 2.28. The molecule has 1 unspecified atom stereocenters. The Kier molecular flexibility index (Phi) is 3.57. The lowest BCUT2D eigenvalue weighted by Gasteiger charge is -2.08. The number of nitrogens with zero attached hydrogens (tertiary/aromatic N) is 3. The molecule has 0 amide bonds. The van der Waals surface area contributed by atoms with Crippen LogP contribution in [0.15, 0.2) is 24.3 Å². The molecule has 2 aromatic rings. The molecular formula is C15H15N3O2. The lowest BCUT2D eigenvalue weighted by atomic mass is 9.99. The quantitative estimate of drug-likeness (QED) is 0.928. The first-order valence-corrected chi connectivity index (χ1v) is 6.25. The molecule has 0 aliphatic carbocycles. The molecule has 1 atom stereocenters. The van der Waals surface area contributed by atoms with Gasteiger partial charge in [0, 0.05) is 11.3 Å². The molecule has 2 rings (SSSR count). The zero-order chi connectivity index (χ0) is 14.9. The second kappa shape index (κ2) is 5.17. The zero-order valence-corrected chi connectivity index (χ0v) is 11.6. The molecule has 0 aliphatic heterocycles. The maximum atomic E-state index is 11.2. The zero-order valence-electron chi connectivity index (χ0n) is 11.6. The van der Waals surface area contributed by atoms with Crippen LogP contribution in [0.4, 0.5) is 0 Å². The number of aromatic nitrogens is 2. The van der Waals surface area contributed by atoms with Crippen molar-refractivity contribution in [1.29, 1.82) is 5.26 Å². The highest BCUT2D eigenvalue weighted by Gasteiger charge is 2.23. The predicted octanol–water partition coefficient (Wildman–Crippen LogP) is 2.55. The molecule has 102 valence electrons. The van der Waals surface area contributed by atoms with E-state index in [1.54, 1.807) is 36.7 Å². The van der Waals surface area contributed by atoms with Gasteiger partial charge in [-0.3, -0.25) is 4.79 Å². The molecule has 0 bridgehead atoms. The number of aryl methyl sites for hydroxylation is 1. The van der Waals surface area contributed by atoms with Gasteiger partial charge in [0.2, 0.25) is 0 Å². The van der Waals surface area contributed by atoms with E-state index in [0.29, 0.717) is 11.3 Å². The lowest BCUT2D eigenvalue weighted by Crippen LogP contribution is -2.09. The molecule has 20 heavy (non-hydrogen) atoms. The van der Waals surface area contributed by atoms with Crippen molar-refractivity contribution >= 4 is 5.97 Å². The first-order chi connectivity index (χ1) is 9.45. The fourth-order valence-electron chi connectivity index (χ4n) is 2.36. The third-order valence-electron chi connectivity index (χ3n) is 3.37. The molecule has 5 heteroatoms. The van der Waals surface area contributed by atoms with Crippen LogP contribution in [0, 0.1) is 25.2 Å². The predicted molar refractivity (Wildman–Crippen MR) is 73.8 cm³/mol. The van der Waals surface area contributed by atoms with Gasteiger partial charge in [-0.2, -0.15) is 10.4 Å². The molecule has 1 aromatic heterocycles. The Morgan fingerprint density at radius 2 is 2.15 bits per heavy atom. The van der Waals surface area contributed by atoms with Gasteiger partial charge < -0.3 is 5.11 Å². The van der Waals surface area contributed by atoms with Gasteiger partial charge in [0.25, 0.3) is 0 Å². The van der Waals surface area contributed by atoms with Crippen LogP contribution in [0.25, 0.3) is 5.69 Å². The van der Waals surface area contributed by atoms with E-state index in [4.69, 9.17) is 10.4 Å². The van der Waals surface area contributed by atoms with Crippen LogP contribution in [0.2, 0.25) is 0 Å². The van der Waals surface area contributed by atoms with Crippen LogP contribution in [0.5, 0.6) is 0 Å². The summed E-state index contributed by atoms with van der Waals surface area (Å²) < 4.78 is 1.69. The normalized spacial score (nSPS) is 11.9. The highest BCUT2D eigenvalue weighted by atomic mass is 16.4. The molecule has 1 heterocycles. The monoisotopic (exact) mass is 269 g/mol. The number of benzene rings is 1. The molecule has 1 aromatic carbocycles. The maximum absolute atomic E-state index is 11.2. The summed E-state index contributed by atoms with van der Waals surface area (Å²) in [5.41, 5.74) is 3.50. The minimum absolute atomic E-state index is 0.544.